The molecular weight excluding hydrogens is 204 g/mol. The average Bonchev–Trinajstić information content (AvgIpc) is 2.81. The van der Waals surface area contributed by atoms with Crippen LogP contribution in [0.4, 0.5) is 0 Å². The van der Waals surface area contributed by atoms with Crippen molar-refractivity contribution in [3.8, 4) is 5.69 Å². The van der Waals surface area contributed by atoms with Crippen molar-refractivity contribution in [2.75, 3.05) is 0 Å². The molecule has 0 saturated heterocycles. The number of rotatable bonds is 3. The molecule has 4 nitrogen and oxygen atoms in total. The van der Waals surface area contributed by atoms with E-state index in [2.05, 4.69) is 4.98 Å². The number of imidazole rings is 1. The highest BCUT2D eigenvalue weighted by atomic mass is 16.4. The summed E-state index contributed by atoms with van der Waals surface area (Å²) in [7, 11) is 0. The van der Waals surface area contributed by atoms with Crippen LogP contribution in [-0.2, 0) is 6.42 Å². The molecule has 2 rings (SSSR count). The zero-order chi connectivity index (χ0) is 11.5. The minimum Gasteiger partial charge on any atom is -0.478 e. The van der Waals surface area contributed by atoms with E-state index in [-0.39, 0.29) is 0 Å². The van der Waals surface area contributed by atoms with Gasteiger partial charge in [-0.3, -0.25) is 0 Å². The van der Waals surface area contributed by atoms with Crippen molar-refractivity contribution in [2.24, 2.45) is 0 Å². The van der Waals surface area contributed by atoms with Crippen molar-refractivity contribution >= 4 is 5.97 Å². The van der Waals surface area contributed by atoms with Crippen molar-refractivity contribution in [1.82, 2.24) is 9.55 Å². The molecule has 16 heavy (non-hydrogen) atoms. The summed E-state index contributed by atoms with van der Waals surface area (Å²) >= 11 is 0. The lowest BCUT2D eigenvalue weighted by atomic mass is 10.1. The fourth-order valence-corrected chi connectivity index (χ4v) is 1.66. The van der Waals surface area contributed by atoms with Crippen LogP contribution >= 0.6 is 0 Å². The molecule has 1 aromatic heterocycles. The predicted molar refractivity (Wildman–Crippen MR) is 59.9 cm³/mol. The standard InChI is InChI=1S/C12H12N2O2/c1-2-9-7-10(12(15)16)3-4-11(9)14-6-5-13-8-14/h3-8H,2H2,1H3,(H,15,16). The molecule has 1 heterocycles. The van der Waals surface area contributed by atoms with Gasteiger partial charge in [0.1, 0.15) is 0 Å². The van der Waals surface area contributed by atoms with Crippen molar-refractivity contribution in [1.29, 1.82) is 0 Å². The zero-order valence-corrected chi connectivity index (χ0v) is 8.92. The van der Waals surface area contributed by atoms with Crippen LogP contribution in [0.15, 0.2) is 36.9 Å². The first-order chi connectivity index (χ1) is 7.72. The Morgan fingerprint density at radius 2 is 2.31 bits per heavy atom. The van der Waals surface area contributed by atoms with E-state index >= 15 is 0 Å². The van der Waals surface area contributed by atoms with E-state index in [0.717, 1.165) is 17.7 Å². The highest BCUT2D eigenvalue weighted by Gasteiger charge is 2.08. The maximum atomic E-state index is 10.8. The average molecular weight is 216 g/mol. The Bertz CT molecular complexity index is 504. The van der Waals surface area contributed by atoms with Gasteiger partial charge in [-0.2, -0.15) is 0 Å². The third kappa shape index (κ3) is 1.82. The van der Waals surface area contributed by atoms with Crippen LogP contribution in [0.25, 0.3) is 5.69 Å². The number of aromatic carboxylic acids is 1. The van der Waals surface area contributed by atoms with E-state index in [9.17, 15) is 4.79 Å². The fourth-order valence-electron chi connectivity index (χ4n) is 1.66. The van der Waals surface area contributed by atoms with Crippen LogP contribution in [0.1, 0.15) is 22.8 Å². The van der Waals surface area contributed by atoms with Crippen LogP contribution in [0.5, 0.6) is 0 Å². The van der Waals surface area contributed by atoms with Crippen LogP contribution < -0.4 is 0 Å². The quantitative estimate of drug-likeness (QED) is 0.855. The Hall–Kier alpha value is -2.10. The van der Waals surface area contributed by atoms with Gasteiger partial charge in [-0.25, -0.2) is 9.78 Å². The Morgan fingerprint density at radius 3 is 2.88 bits per heavy atom. The van der Waals surface area contributed by atoms with Crippen LogP contribution in [0.2, 0.25) is 0 Å². The maximum absolute atomic E-state index is 10.8. The molecule has 0 aliphatic rings. The molecule has 0 amide bonds. The third-order valence-corrected chi connectivity index (χ3v) is 2.49. The van der Waals surface area contributed by atoms with Crippen molar-refractivity contribution < 1.29 is 9.90 Å². The highest BCUT2D eigenvalue weighted by molar-refractivity contribution is 5.88. The van der Waals surface area contributed by atoms with Gasteiger partial charge in [0.15, 0.2) is 0 Å². The Kier molecular flexibility index (Phi) is 2.72. The molecule has 0 saturated carbocycles. The Labute approximate surface area is 93.2 Å². The third-order valence-electron chi connectivity index (χ3n) is 2.49. The Morgan fingerprint density at radius 1 is 1.50 bits per heavy atom. The maximum Gasteiger partial charge on any atom is 0.335 e. The molecular formula is C12H12N2O2. The molecule has 0 unspecified atom stereocenters. The first-order valence-electron chi connectivity index (χ1n) is 5.07. The lowest BCUT2D eigenvalue weighted by Crippen LogP contribution is -2.02. The van der Waals surface area contributed by atoms with Crippen molar-refractivity contribution in [2.45, 2.75) is 13.3 Å². The summed E-state index contributed by atoms with van der Waals surface area (Å²) in [5.41, 5.74) is 2.30. The smallest absolute Gasteiger partial charge is 0.335 e. The lowest BCUT2D eigenvalue weighted by molar-refractivity contribution is 0.0697. The van der Waals surface area contributed by atoms with Gasteiger partial charge in [0.2, 0.25) is 0 Å². The first kappa shape index (κ1) is 10.4. The van der Waals surface area contributed by atoms with Gasteiger partial charge < -0.3 is 9.67 Å². The molecule has 0 atom stereocenters. The number of aryl methyl sites for hydroxylation is 1. The van der Waals surface area contributed by atoms with E-state index < -0.39 is 5.97 Å². The largest absolute Gasteiger partial charge is 0.478 e. The van der Waals surface area contributed by atoms with Gasteiger partial charge in [0.05, 0.1) is 11.9 Å². The van der Waals surface area contributed by atoms with Crippen molar-refractivity contribution in [3.05, 3.63) is 48.0 Å². The predicted octanol–water partition coefficient (Wildman–Crippen LogP) is 2.13. The first-order valence-corrected chi connectivity index (χ1v) is 5.07. The van der Waals surface area contributed by atoms with E-state index in [1.54, 1.807) is 24.7 Å². The second-order valence-corrected chi connectivity index (χ2v) is 3.47. The fraction of sp³-hybridized carbons (Fsp3) is 0.167. The molecule has 0 spiro atoms. The van der Waals surface area contributed by atoms with Gasteiger partial charge in [0.25, 0.3) is 0 Å². The molecule has 4 heteroatoms. The molecule has 0 fully saturated rings. The molecule has 1 aromatic carbocycles. The second-order valence-electron chi connectivity index (χ2n) is 3.47. The lowest BCUT2D eigenvalue weighted by Gasteiger charge is -2.09. The minimum absolute atomic E-state index is 0.320. The summed E-state index contributed by atoms with van der Waals surface area (Å²) in [4.78, 5) is 14.8. The van der Waals surface area contributed by atoms with Crippen LogP contribution in [0, 0.1) is 0 Å². The minimum atomic E-state index is -0.896. The number of benzene rings is 1. The van der Waals surface area contributed by atoms with E-state index in [1.165, 1.54) is 0 Å². The van der Waals surface area contributed by atoms with Crippen LogP contribution in [-0.4, -0.2) is 20.6 Å². The number of carboxylic acids is 1. The molecule has 0 aliphatic heterocycles. The molecule has 2 aromatic rings. The second kappa shape index (κ2) is 4.18. The summed E-state index contributed by atoms with van der Waals surface area (Å²) in [6.45, 7) is 2.00. The molecule has 1 N–H and O–H groups in total. The summed E-state index contributed by atoms with van der Waals surface area (Å²) < 4.78 is 1.88. The van der Waals surface area contributed by atoms with Gasteiger partial charge in [-0.1, -0.05) is 6.92 Å². The number of nitrogens with zero attached hydrogens (tertiary/aromatic N) is 2. The zero-order valence-electron chi connectivity index (χ0n) is 8.92. The molecule has 82 valence electrons. The number of hydrogen-bond acceptors (Lipinski definition) is 2. The van der Waals surface area contributed by atoms with Gasteiger partial charge in [-0.05, 0) is 30.2 Å². The van der Waals surface area contributed by atoms with E-state index in [0.29, 0.717) is 5.56 Å². The number of hydrogen-bond donors (Lipinski definition) is 1. The van der Waals surface area contributed by atoms with Crippen molar-refractivity contribution in [3.63, 3.8) is 0 Å². The van der Waals surface area contributed by atoms with Gasteiger partial charge in [0, 0.05) is 18.1 Å². The van der Waals surface area contributed by atoms with E-state index in [1.807, 2.05) is 23.8 Å². The van der Waals surface area contributed by atoms with Gasteiger partial charge in [-0.15, -0.1) is 0 Å². The molecule has 0 bridgehead atoms. The van der Waals surface area contributed by atoms with Crippen LogP contribution in [0.3, 0.4) is 0 Å². The number of aromatic nitrogens is 2. The molecule has 0 aliphatic carbocycles. The normalized spacial score (nSPS) is 10.3. The van der Waals surface area contributed by atoms with Gasteiger partial charge >= 0.3 is 5.97 Å². The topological polar surface area (TPSA) is 55.1 Å². The SMILES string of the molecule is CCc1cc(C(=O)O)ccc1-n1ccnc1. The van der Waals surface area contributed by atoms with E-state index in [4.69, 9.17) is 5.11 Å². The number of carbonyl (C=O) groups is 1. The summed E-state index contributed by atoms with van der Waals surface area (Å²) in [6, 6.07) is 5.12. The molecule has 0 radical (unpaired) electrons. The monoisotopic (exact) mass is 216 g/mol. The summed E-state index contributed by atoms with van der Waals surface area (Å²) in [5.74, 6) is -0.896. The Balaban J connectivity index is 2.51. The summed E-state index contributed by atoms with van der Waals surface area (Å²) in [6.07, 6.45) is 6.03. The highest BCUT2D eigenvalue weighted by Crippen LogP contribution is 2.17. The number of carboxylic acid groups (broad SMARTS) is 1. The summed E-state index contributed by atoms with van der Waals surface area (Å²) in [5, 5.41) is 8.91.